The second-order valence-corrected chi connectivity index (χ2v) is 8.09. The van der Waals surface area contributed by atoms with Crippen molar-refractivity contribution in [3.8, 4) is 17.2 Å². The van der Waals surface area contributed by atoms with E-state index in [0.717, 1.165) is 16.7 Å². The van der Waals surface area contributed by atoms with Gasteiger partial charge in [-0.25, -0.2) is 0 Å². The van der Waals surface area contributed by atoms with Crippen LogP contribution in [0.3, 0.4) is 0 Å². The molecule has 0 amide bonds. The van der Waals surface area contributed by atoms with Gasteiger partial charge in [0.15, 0.2) is 0 Å². The van der Waals surface area contributed by atoms with Gasteiger partial charge >= 0.3 is 5.57 Å². The quantitative estimate of drug-likeness (QED) is 0.404. The Labute approximate surface area is 179 Å². The average molecular weight is 433 g/mol. The number of benzene rings is 3. The Morgan fingerprint density at radius 1 is 0.900 bits per heavy atom. The summed E-state index contributed by atoms with van der Waals surface area (Å²) >= 11 is 4.83. The fraction of sp³-hybridized carbons (Fsp3) is 0.250. The van der Waals surface area contributed by atoms with Crippen LogP contribution in [0, 0.1) is 0 Å². The largest absolute Gasteiger partial charge is 0.487 e. The van der Waals surface area contributed by atoms with E-state index in [9.17, 15) is 13.9 Å². The first-order valence-electron chi connectivity index (χ1n) is 9.48. The number of hydrogen-bond acceptors (Lipinski definition) is 3. The van der Waals surface area contributed by atoms with Gasteiger partial charge in [-0.05, 0) is 58.9 Å². The minimum Gasteiger partial charge on any atom is -0.457 e. The van der Waals surface area contributed by atoms with Crippen LogP contribution in [0.1, 0.15) is 30.5 Å². The van der Waals surface area contributed by atoms with Crippen molar-refractivity contribution in [1.29, 1.82) is 0 Å². The summed E-state index contributed by atoms with van der Waals surface area (Å²) in [4.78, 5) is 0. The van der Waals surface area contributed by atoms with Crippen molar-refractivity contribution in [3.63, 3.8) is 0 Å². The summed E-state index contributed by atoms with van der Waals surface area (Å²) < 4.78 is 36.1. The second-order valence-electron chi connectivity index (χ2n) is 7.65. The molecule has 3 aromatic rings. The molecule has 0 aliphatic carbocycles. The third-order valence-electron chi connectivity index (χ3n) is 4.79. The first-order valence-corrected chi connectivity index (χ1v) is 9.86. The van der Waals surface area contributed by atoms with Crippen LogP contribution in [0.15, 0.2) is 72.8 Å². The predicted octanol–water partition coefficient (Wildman–Crippen LogP) is 6.66. The van der Waals surface area contributed by atoms with E-state index in [4.69, 9.17) is 16.3 Å². The topological polar surface area (TPSA) is 38.7 Å². The van der Waals surface area contributed by atoms with Crippen molar-refractivity contribution in [3.05, 3.63) is 89.5 Å². The SMILES string of the molecule is CC(C)(Cc1ccc(CO)cc1Oc1ccccc1)c1ccc(OC(F)(F)Cl)cc1. The van der Waals surface area contributed by atoms with Crippen molar-refractivity contribution in [2.24, 2.45) is 0 Å². The molecule has 0 atom stereocenters. The summed E-state index contributed by atoms with van der Waals surface area (Å²) in [5.41, 5.74) is -1.39. The molecular formula is C24H23ClF2O3. The summed E-state index contributed by atoms with van der Waals surface area (Å²) in [6.45, 7) is 4.04. The molecule has 158 valence electrons. The highest BCUT2D eigenvalue weighted by atomic mass is 35.5. The van der Waals surface area contributed by atoms with Crippen LogP contribution in [0.25, 0.3) is 0 Å². The van der Waals surface area contributed by atoms with Gasteiger partial charge in [-0.2, -0.15) is 0 Å². The number of hydrogen-bond donors (Lipinski definition) is 1. The molecule has 0 aliphatic rings. The Bertz CT molecular complexity index is 968. The van der Waals surface area contributed by atoms with Gasteiger partial charge in [-0.1, -0.05) is 56.3 Å². The maximum absolute atomic E-state index is 12.8. The molecule has 1 N–H and O–H groups in total. The van der Waals surface area contributed by atoms with Crippen molar-refractivity contribution in [1.82, 2.24) is 0 Å². The van der Waals surface area contributed by atoms with Crippen LogP contribution in [-0.2, 0) is 18.4 Å². The first-order chi connectivity index (χ1) is 14.2. The summed E-state index contributed by atoms with van der Waals surface area (Å²) in [5, 5.41) is 9.51. The van der Waals surface area contributed by atoms with Crippen LogP contribution in [0.2, 0.25) is 0 Å². The molecule has 0 saturated carbocycles. The minimum absolute atomic E-state index is 0.00468. The fourth-order valence-electron chi connectivity index (χ4n) is 3.24. The van der Waals surface area contributed by atoms with E-state index in [1.165, 1.54) is 12.1 Å². The number of rotatable bonds is 8. The molecule has 0 heterocycles. The van der Waals surface area contributed by atoms with E-state index in [1.54, 1.807) is 12.1 Å². The molecule has 0 aliphatic heterocycles. The van der Waals surface area contributed by atoms with E-state index >= 15 is 0 Å². The molecule has 0 unspecified atom stereocenters. The molecule has 0 saturated heterocycles. The molecule has 0 radical (unpaired) electrons. The zero-order chi connectivity index (χ0) is 21.8. The lowest BCUT2D eigenvalue weighted by atomic mass is 9.79. The lowest BCUT2D eigenvalue weighted by Gasteiger charge is -2.27. The van der Waals surface area contributed by atoms with Gasteiger partial charge in [0.05, 0.1) is 6.61 Å². The average Bonchev–Trinajstić information content (AvgIpc) is 2.69. The van der Waals surface area contributed by atoms with E-state index in [-0.39, 0.29) is 17.8 Å². The van der Waals surface area contributed by atoms with Crippen LogP contribution < -0.4 is 9.47 Å². The maximum atomic E-state index is 12.8. The molecule has 30 heavy (non-hydrogen) atoms. The monoisotopic (exact) mass is 432 g/mol. The van der Waals surface area contributed by atoms with Crippen LogP contribution in [0.5, 0.6) is 17.2 Å². The molecule has 0 aromatic heterocycles. The van der Waals surface area contributed by atoms with E-state index in [2.05, 4.69) is 18.6 Å². The molecule has 3 aromatic carbocycles. The highest BCUT2D eigenvalue weighted by molar-refractivity contribution is 6.20. The fourth-order valence-corrected chi connectivity index (χ4v) is 3.33. The summed E-state index contributed by atoms with van der Waals surface area (Å²) in [6.07, 6.45) is 0.632. The summed E-state index contributed by atoms with van der Waals surface area (Å²) in [6, 6.07) is 21.5. The van der Waals surface area contributed by atoms with Gasteiger partial charge in [0.1, 0.15) is 17.2 Å². The first kappa shape index (κ1) is 22.1. The Kier molecular flexibility index (Phi) is 6.64. The molecule has 6 heteroatoms. The van der Waals surface area contributed by atoms with Crippen LogP contribution in [0.4, 0.5) is 8.78 Å². The van der Waals surface area contributed by atoms with Crippen LogP contribution in [-0.4, -0.2) is 10.7 Å². The third-order valence-corrected chi connectivity index (χ3v) is 4.86. The van der Waals surface area contributed by atoms with Gasteiger partial charge < -0.3 is 14.6 Å². The number of aliphatic hydroxyl groups excluding tert-OH is 1. The van der Waals surface area contributed by atoms with Crippen molar-refractivity contribution in [2.45, 2.75) is 37.9 Å². The van der Waals surface area contributed by atoms with Crippen molar-refractivity contribution >= 4 is 11.6 Å². The molecule has 3 rings (SSSR count). The molecule has 3 nitrogen and oxygen atoms in total. The number of aliphatic hydroxyl groups is 1. The summed E-state index contributed by atoms with van der Waals surface area (Å²) in [7, 11) is 0. The minimum atomic E-state index is -3.74. The Hall–Kier alpha value is -2.63. The van der Waals surface area contributed by atoms with E-state index < -0.39 is 5.57 Å². The van der Waals surface area contributed by atoms with E-state index in [0.29, 0.717) is 17.9 Å². The lowest BCUT2D eigenvalue weighted by Crippen LogP contribution is -2.21. The molecule has 0 spiro atoms. The van der Waals surface area contributed by atoms with Crippen molar-refractivity contribution < 1.29 is 23.4 Å². The number of ether oxygens (including phenoxy) is 2. The smallest absolute Gasteiger partial charge is 0.457 e. The normalized spacial score (nSPS) is 11.9. The van der Waals surface area contributed by atoms with Gasteiger partial charge in [0, 0.05) is 11.6 Å². The zero-order valence-corrected chi connectivity index (χ0v) is 17.5. The highest BCUT2D eigenvalue weighted by Gasteiger charge is 2.28. The lowest BCUT2D eigenvalue weighted by molar-refractivity contribution is -0.0964. The van der Waals surface area contributed by atoms with E-state index in [1.807, 2.05) is 48.5 Å². The predicted molar refractivity (Wildman–Crippen MR) is 113 cm³/mol. The van der Waals surface area contributed by atoms with Gasteiger partial charge in [-0.15, -0.1) is 8.78 Å². The third kappa shape index (κ3) is 5.94. The Morgan fingerprint density at radius 3 is 2.17 bits per heavy atom. The Balaban J connectivity index is 1.85. The maximum Gasteiger partial charge on any atom is 0.487 e. The zero-order valence-electron chi connectivity index (χ0n) is 16.7. The second kappa shape index (κ2) is 9.02. The van der Waals surface area contributed by atoms with Gasteiger partial charge in [0.2, 0.25) is 0 Å². The number of alkyl halides is 3. The molecular weight excluding hydrogens is 410 g/mol. The van der Waals surface area contributed by atoms with Gasteiger partial charge in [0.25, 0.3) is 0 Å². The van der Waals surface area contributed by atoms with Gasteiger partial charge in [-0.3, -0.25) is 0 Å². The summed E-state index contributed by atoms with van der Waals surface area (Å²) in [5.74, 6) is 1.37. The number of halogens is 3. The Morgan fingerprint density at radius 2 is 1.57 bits per heavy atom. The molecule has 0 bridgehead atoms. The standard InChI is InChI=1S/C24H23ClF2O3/c1-23(2,19-10-12-21(13-11-19)30-24(25,26)27)15-18-9-8-17(16-28)14-22(18)29-20-6-4-3-5-7-20/h3-14,28H,15-16H2,1-2H3. The highest BCUT2D eigenvalue weighted by Crippen LogP contribution is 2.35. The van der Waals surface area contributed by atoms with Crippen LogP contribution >= 0.6 is 11.6 Å². The molecule has 0 fully saturated rings. The van der Waals surface area contributed by atoms with Crippen molar-refractivity contribution in [2.75, 3.05) is 0 Å². The number of para-hydroxylation sites is 1.